The molecule has 51 heavy (non-hydrogen) atoms. The highest BCUT2D eigenvalue weighted by molar-refractivity contribution is 5.72. The lowest BCUT2D eigenvalue weighted by Crippen LogP contribution is -2.50. The maximum atomic E-state index is 12.6. The number of carboxylic acid groups (broad SMARTS) is 1. The monoisotopic (exact) mass is 727 g/mol. The van der Waals surface area contributed by atoms with Crippen molar-refractivity contribution in [2.45, 2.75) is 219 Å². The summed E-state index contributed by atoms with van der Waals surface area (Å²) in [6.07, 6.45) is 35.2. The average molecular weight is 727 g/mol. The van der Waals surface area contributed by atoms with E-state index in [1.807, 2.05) is 21.1 Å². The first-order chi connectivity index (χ1) is 24.6. The molecule has 0 rings (SSSR count). The fourth-order valence-corrected chi connectivity index (χ4v) is 6.62. The highest BCUT2D eigenvalue weighted by atomic mass is 16.6. The molecule has 2 unspecified atom stereocenters. The molecule has 0 aromatic rings. The summed E-state index contributed by atoms with van der Waals surface area (Å²) in [6, 6.07) is -0.606. The summed E-state index contributed by atoms with van der Waals surface area (Å²) in [4.78, 5) is 36.4. The number of aliphatic carboxylic acids is 1. The molecular weight excluding hydrogens is 642 g/mol. The molecule has 0 aliphatic heterocycles. The quantitative estimate of drug-likeness (QED) is 0.0382. The standard InChI is InChI=1S/C43H83NO7/c1-6-8-10-11-12-13-14-15-16-17-18-19-20-21-22-23-24-25-26-27-28-29-30-32-34-42(46)51-39(38-50-41(45)33-31-9-7-2)37-49-36-35-40(43(47)48)44(3,4)5/h39-40H,6-38H2,1-5H3/p+1. The Morgan fingerprint density at radius 3 is 1.25 bits per heavy atom. The summed E-state index contributed by atoms with van der Waals surface area (Å²) in [7, 11) is 5.51. The normalized spacial score (nSPS) is 12.9. The van der Waals surface area contributed by atoms with Crippen LogP contribution < -0.4 is 0 Å². The molecule has 0 bridgehead atoms. The van der Waals surface area contributed by atoms with E-state index >= 15 is 0 Å². The van der Waals surface area contributed by atoms with Crippen LogP contribution in [0.25, 0.3) is 0 Å². The van der Waals surface area contributed by atoms with Gasteiger partial charge in [-0.05, 0) is 12.8 Å². The zero-order valence-corrected chi connectivity index (χ0v) is 34.3. The number of likely N-dealkylation sites (N-methyl/N-ethyl adjacent to an activating group) is 1. The molecule has 0 amide bonds. The molecule has 0 saturated heterocycles. The summed E-state index contributed by atoms with van der Waals surface area (Å²) in [5, 5.41) is 9.54. The van der Waals surface area contributed by atoms with Gasteiger partial charge in [-0.3, -0.25) is 9.59 Å². The maximum absolute atomic E-state index is 12.6. The number of ether oxygens (including phenoxy) is 3. The molecule has 2 atom stereocenters. The summed E-state index contributed by atoms with van der Waals surface area (Å²) in [5.74, 6) is -1.48. The Morgan fingerprint density at radius 1 is 0.510 bits per heavy atom. The third kappa shape index (κ3) is 33.9. The Kier molecular flexibility index (Phi) is 34.2. The minimum Gasteiger partial charge on any atom is -0.477 e. The SMILES string of the molecule is CCCCCCCCCCCCCCCCCCCCCCCCCCC(=O)OC(COCCC(C(=O)O)[N+](C)(C)C)COC(=O)CCCCC. The van der Waals surface area contributed by atoms with E-state index in [4.69, 9.17) is 14.2 Å². The minimum absolute atomic E-state index is 0.0478. The molecule has 8 heteroatoms. The number of esters is 2. The Morgan fingerprint density at radius 2 is 0.863 bits per heavy atom. The van der Waals surface area contributed by atoms with Gasteiger partial charge >= 0.3 is 17.9 Å². The van der Waals surface area contributed by atoms with Gasteiger partial charge in [0.2, 0.25) is 0 Å². The molecule has 0 fully saturated rings. The smallest absolute Gasteiger partial charge is 0.362 e. The predicted octanol–water partition coefficient (Wildman–Crippen LogP) is 11.4. The van der Waals surface area contributed by atoms with Gasteiger partial charge in [0.1, 0.15) is 6.61 Å². The minimum atomic E-state index is -0.874. The van der Waals surface area contributed by atoms with Gasteiger partial charge in [-0.15, -0.1) is 0 Å². The number of quaternary nitrogens is 1. The largest absolute Gasteiger partial charge is 0.477 e. The van der Waals surface area contributed by atoms with Crippen LogP contribution in [0.1, 0.15) is 206 Å². The summed E-state index contributed by atoms with van der Waals surface area (Å²) in [6.45, 7) is 4.60. The average Bonchev–Trinajstić information content (AvgIpc) is 3.08. The fraction of sp³-hybridized carbons (Fsp3) is 0.930. The van der Waals surface area contributed by atoms with Crippen molar-refractivity contribution in [3.63, 3.8) is 0 Å². The van der Waals surface area contributed by atoms with E-state index in [1.54, 1.807) is 0 Å². The van der Waals surface area contributed by atoms with Gasteiger partial charge < -0.3 is 23.8 Å². The van der Waals surface area contributed by atoms with Gasteiger partial charge in [-0.2, -0.15) is 0 Å². The summed E-state index contributed by atoms with van der Waals surface area (Å²) < 4.78 is 17.0. The topological polar surface area (TPSA) is 99.1 Å². The second kappa shape index (κ2) is 35.4. The summed E-state index contributed by atoms with van der Waals surface area (Å²) >= 11 is 0. The maximum Gasteiger partial charge on any atom is 0.362 e. The number of rotatable bonds is 39. The van der Waals surface area contributed by atoms with Crippen molar-refractivity contribution in [2.24, 2.45) is 0 Å². The third-order valence-corrected chi connectivity index (χ3v) is 10.0. The lowest BCUT2D eigenvalue weighted by molar-refractivity contribution is -0.887. The van der Waals surface area contributed by atoms with E-state index in [9.17, 15) is 19.5 Å². The Balaban J connectivity index is 3.90. The van der Waals surface area contributed by atoms with Gasteiger partial charge in [0.15, 0.2) is 12.1 Å². The van der Waals surface area contributed by atoms with Gasteiger partial charge in [0.05, 0.1) is 34.4 Å². The van der Waals surface area contributed by atoms with Crippen LogP contribution in [0, 0.1) is 0 Å². The van der Waals surface area contributed by atoms with Crippen LogP contribution in [0.3, 0.4) is 0 Å². The van der Waals surface area contributed by atoms with E-state index in [2.05, 4.69) is 13.8 Å². The number of hydrogen-bond acceptors (Lipinski definition) is 6. The van der Waals surface area contributed by atoms with Crippen LogP contribution in [0.5, 0.6) is 0 Å². The second-order valence-electron chi connectivity index (χ2n) is 16.0. The summed E-state index contributed by atoms with van der Waals surface area (Å²) in [5.41, 5.74) is 0. The molecule has 0 aliphatic rings. The highest BCUT2D eigenvalue weighted by Crippen LogP contribution is 2.16. The first kappa shape index (κ1) is 49.3. The van der Waals surface area contributed by atoms with Gasteiger partial charge in [0.25, 0.3) is 0 Å². The van der Waals surface area contributed by atoms with E-state index in [1.165, 1.54) is 135 Å². The first-order valence-corrected chi connectivity index (χ1v) is 21.6. The zero-order chi connectivity index (χ0) is 37.8. The molecule has 302 valence electrons. The molecule has 0 spiro atoms. The first-order valence-electron chi connectivity index (χ1n) is 21.6. The van der Waals surface area contributed by atoms with Crippen LogP contribution in [-0.2, 0) is 28.6 Å². The van der Waals surface area contributed by atoms with Crippen molar-refractivity contribution in [3.05, 3.63) is 0 Å². The van der Waals surface area contributed by atoms with E-state index in [0.717, 1.165) is 38.5 Å². The van der Waals surface area contributed by atoms with E-state index < -0.39 is 18.1 Å². The number of carboxylic acids is 1. The van der Waals surface area contributed by atoms with Crippen LogP contribution >= 0.6 is 0 Å². The number of nitrogens with zero attached hydrogens (tertiary/aromatic N) is 1. The molecule has 8 nitrogen and oxygen atoms in total. The van der Waals surface area contributed by atoms with Crippen molar-refractivity contribution in [3.8, 4) is 0 Å². The van der Waals surface area contributed by atoms with Crippen LogP contribution in [-0.4, -0.2) is 80.6 Å². The van der Waals surface area contributed by atoms with Crippen LogP contribution in [0.15, 0.2) is 0 Å². The van der Waals surface area contributed by atoms with Crippen molar-refractivity contribution < 1.29 is 38.2 Å². The molecule has 0 heterocycles. The molecule has 0 saturated carbocycles. The van der Waals surface area contributed by atoms with Crippen LogP contribution in [0.2, 0.25) is 0 Å². The number of hydrogen-bond donors (Lipinski definition) is 1. The number of carbonyl (C=O) groups is 3. The lowest BCUT2D eigenvalue weighted by atomic mass is 10.0. The van der Waals surface area contributed by atoms with Gasteiger partial charge in [0, 0.05) is 19.3 Å². The van der Waals surface area contributed by atoms with Gasteiger partial charge in [-0.1, -0.05) is 174 Å². The van der Waals surface area contributed by atoms with Crippen LogP contribution in [0.4, 0.5) is 0 Å². The van der Waals surface area contributed by atoms with E-state index in [0.29, 0.717) is 19.3 Å². The lowest BCUT2D eigenvalue weighted by Gasteiger charge is -2.31. The predicted molar refractivity (Wildman–Crippen MR) is 211 cm³/mol. The third-order valence-electron chi connectivity index (χ3n) is 10.0. The Hall–Kier alpha value is -1.67. The molecule has 0 aromatic heterocycles. The van der Waals surface area contributed by atoms with Crippen molar-refractivity contribution in [1.29, 1.82) is 0 Å². The van der Waals surface area contributed by atoms with Crippen molar-refractivity contribution in [2.75, 3.05) is 41.0 Å². The molecule has 0 aliphatic carbocycles. The van der Waals surface area contributed by atoms with E-state index in [-0.39, 0.29) is 36.2 Å². The fourth-order valence-electron chi connectivity index (χ4n) is 6.62. The molecular formula is C43H84NO7+. The van der Waals surface area contributed by atoms with Gasteiger partial charge in [-0.25, -0.2) is 4.79 Å². The Bertz CT molecular complexity index is 813. The molecule has 0 aromatic carbocycles. The number of carbonyl (C=O) groups excluding carboxylic acids is 2. The highest BCUT2D eigenvalue weighted by Gasteiger charge is 2.31. The second-order valence-corrected chi connectivity index (χ2v) is 16.0. The number of unbranched alkanes of at least 4 members (excludes halogenated alkanes) is 25. The Labute approximate surface area is 315 Å². The zero-order valence-electron chi connectivity index (χ0n) is 34.3. The molecule has 1 N–H and O–H groups in total. The van der Waals surface area contributed by atoms with Crippen molar-refractivity contribution >= 4 is 17.9 Å². The molecule has 0 radical (unpaired) electrons. The van der Waals surface area contributed by atoms with Crippen molar-refractivity contribution in [1.82, 2.24) is 0 Å².